The fourth-order valence-corrected chi connectivity index (χ4v) is 2.91. The van der Waals surface area contributed by atoms with E-state index in [1.165, 1.54) is 11.3 Å². The van der Waals surface area contributed by atoms with Gasteiger partial charge >= 0.3 is 5.97 Å². The maximum Gasteiger partial charge on any atom is 0.306 e. The van der Waals surface area contributed by atoms with Crippen molar-refractivity contribution in [1.82, 2.24) is 0 Å². The Hall–Kier alpha value is -1.51. The monoisotopic (exact) mass is 261 g/mol. The Morgan fingerprint density at radius 3 is 2.89 bits per heavy atom. The number of hydrogen-bond donors (Lipinski definition) is 2. The molecule has 1 aromatic rings. The van der Waals surface area contributed by atoms with Crippen LogP contribution in [0.25, 0.3) is 0 Å². The molecule has 0 bridgehead atoms. The molecule has 1 aromatic carbocycles. The molecule has 0 amide bonds. The molecule has 0 aromatic heterocycles. The molecular formula is C16H23NO2. The van der Waals surface area contributed by atoms with Crippen LogP contribution >= 0.6 is 0 Å². The van der Waals surface area contributed by atoms with Gasteiger partial charge in [-0.25, -0.2) is 0 Å². The maximum absolute atomic E-state index is 11.1. The third-order valence-corrected chi connectivity index (χ3v) is 3.92. The van der Waals surface area contributed by atoms with E-state index >= 15 is 0 Å². The van der Waals surface area contributed by atoms with E-state index in [0.717, 1.165) is 38.5 Å². The van der Waals surface area contributed by atoms with Gasteiger partial charge in [0.05, 0.1) is 5.92 Å². The number of carboxylic acids is 1. The third kappa shape index (κ3) is 3.72. The number of aliphatic carboxylic acids is 1. The van der Waals surface area contributed by atoms with Gasteiger partial charge in [-0.05, 0) is 37.3 Å². The van der Waals surface area contributed by atoms with Crippen LogP contribution in [0.4, 0.5) is 5.69 Å². The smallest absolute Gasteiger partial charge is 0.306 e. The van der Waals surface area contributed by atoms with E-state index in [1.807, 2.05) is 6.07 Å². The van der Waals surface area contributed by atoms with E-state index in [4.69, 9.17) is 5.11 Å². The zero-order chi connectivity index (χ0) is 13.7. The van der Waals surface area contributed by atoms with Gasteiger partial charge in [-0.1, -0.05) is 38.0 Å². The highest BCUT2D eigenvalue weighted by Crippen LogP contribution is 2.28. The molecule has 0 heterocycles. The van der Waals surface area contributed by atoms with Crippen molar-refractivity contribution in [2.75, 3.05) is 5.32 Å². The fourth-order valence-electron chi connectivity index (χ4n) is 2.91. The van der Waals surface area contributed by atoms with Crippen LogP contribution in [-0.4, -0.2) is 17.1 Å². The second-order valence-electron chi connectivity index (χ2n) is 5.45. The lowest BCUT2D eigenvalue weighted by Crippen LogP contribution is -2.31. The number of rotatable bonds is 5. The Kier molecular flexibility index (Phi) is 4.83. The molecule has 0 saturated heterocycles. The van der Waals surface area contributed by atoms with Gasteiger partial charge in [0.1, 0.15) is 0 Å². The van der Waals surface area contributed by atoms with Crippen LogP contribution in [0.5, 0.6) is 0 Å². The SMILES string of the molecule is CCCc1ccccc1NC1CCCC(C(=O)O)C1. The average Bonchev–Trinajstić information content (AvgIpc) is 2.41. The standard InChI is InChI=1S/C16H23NO2/c1-2-6-12-7-3-4-10-15(12)17-14-9-5-8-13(11-14)16(18)19/h3-4,7,10,13-14,17H,2,5-6,8-9,11H2,1H3,(H,18,19). The lowest BCUT2D eigenvalue weighted by molar-refractivity contribution is -0.142. The summed E-state index contributed by atoms with van der Waals surface area (Å²) in [7, 11) is 0. The van der Waals surface area contributed by atoms with Crippen molar-refractivity contribution >= 4 is 11.7 Å². The number of aryl methyl sites for hydroxylation is 1. The topological polar surface area (TPSA) is 49.3 Å². The lowest BCUT2D eigenvalue weighted by atomic mass is 9.85. The zero-order valence-corrected chi connectivity index (χ0v) is 11.6. The van der Waals surface area contributed by atoms with Crippen molar-refractivity contribution in [1.29, 1.82) is 0 Å². The molecule has 1 saturated carbocycles. The second-order valence-corrected chi connectivity index (χ2v) is 5.45. The Balaban J connectivity index is 2.02. The van der Waals surface area contributed by atoms with Crippen molar-refractivity contribution in [2.45, 2.75) is 51.5 Å². The highest BCUT2D eigenvalue weighted by Gasteiger charge is 2.26. The molecule has 2 rings (SSSR count). The molecule has 2 unspecified atom stereocenters. The van der Waals surface area contributed by atoms with E-state index < -0.39 is 5.97 Å². The zero-order valence-electron chi connectivity index (χ0n) is 11.6. The maximum atomic E-state index is 11.1. The van der Waals surface area contributed by atoms with Gasteiger partial charge in [0, 0.05) is 11.7 Å². The molecule has 104 valence electrons. The minimum absolute atomic E-state index is 0.176. The average molecular weight is 261 g/mol. The minimum atomic E-state index is -0.645. The Morgan fingerprint density at radius 2 is 2.16 bits per heavy atom. The number of benzene rings is 1. The summed E-state index contributed by atoms with van der Waals surface area (Å²) in [6.07, 6.45) is 5.84. The molecule has 0 aliphatic heterocycles. The predicted molar refractivity (Wildman–Crippen MR) is 77.4 cm³/mol. The molecule has 19 heavy (non-hydrogen) atoms. The summed E-state index contributed by atoms with van der Waals surface area (Å²) in [5.41, 5.74) is 2.52. The van der Waals surface area contributed by atoms with Crippen molar-refractivity contribution in [2.24, 2.45) is 5.92 Å². The van der Waals surface area contributed by atoms with E-state index in [0.29, 0.717) is 6.04 Å². The van der Waals surface area contributed by atoms with Crippen LogP contribution < -0.4 is 5.32 Å². The molecule has 0 spiro atoms. The van der Waals surface area contributed by atoms with Crippen molar-refractivity contribution in [3.8, 4) is 0 Å². The van der Waals surface area contributed by atoms with Crippen LogP contribution in [0.1, 0.15) is 44.6 Å². The van der Waals surface area contributed by atoms with Crippen LogP contribution in [0.15, 0.2) is 24.3 Å². The van der Waals surface area contributed by atoms with Crippen LogP contribution in [0.3, 0.4) is 0 Å². The predicted octanol–water partition coefficient (Wildman–Crippen LogP) is 3.69. The van der Waals surface area contributed by atoms with Gasteiger partial charge in [0.15, 0.2) is 0 Å². The highest BCUT2D eigenvalue weighted by molar-refractivity contribution is 5.70. The van der Waals surface area contributed by atoms with Gasteiger partial charge in [-0.2, -0.15) is 0 Å². The van der Waals surface area contributed by atoms with Gasteiger partial charge < -0.3 is 10.4 Å². The number of para-hydroxylation sites is 1. The first-order valence-corrected chi connectivity index (χ1v) is 7.28. The second kappa shape index (κ2) is 6.60. The van der Waals surface area contributed by atoms with Gasteiger partial charge in [0.2, 0.25) is 0 Å². The largest absolute Gasteiger partial charge is 0.481 e. The molecule has 1 fully saturated rings. The normalized spacial score (nSPS) is 23.0. The van der Waals surface area contributed by atoms with Crippen molar-refractivity contribution in [3.05, 3.63) is 29.8 Å². The Morgan fingerprint density at radius 1 is 1.37 bits per heavy atom. The van der Waals surface area contributed by atoms with Crippen LogP contribution in [-0.2, 0) is 11.2 Å². The summed E-state index contributed by atoms with van der Waals surface area (Å²) < 4.78 is 0. The summed E-state index contributed by atoms with van der Waals surface area (Å²) in [4.78, 5) is 11.1. The molecule has 1 aliphatic rings. The molecule has 3 heteroatoms. The number of carboxylic acid groups (broad SMARTS) is 1. The first-order chi connectivity index (χ1) is 9.20. The number of nitrogens with one attached hydrogen (secondary N) is 1. The van der Waals surface area contributed by atoms with Crippen LogP contribution in [0, 0.1) is 5.92 Å². The molecule has 2 atom stereocenters. The molecule has 1 aliphatic carbocycles. The first-order valence-electron chi connectivity index (χ1n) is 7.28. The minimum Gasteiger partial charge on any atom is -0.481 e. The summed E-state index contributed by atoms with van der Waals surface area (Å²) >= 11 is 0. The van der Waals surface area contributed by atoms with Gasteiger partial charge in [0.25, 0.3) is 0 Å². The Bertz CT molecular complexity index is 431. The highest BCUT2D eigenvalue weighted by atomic mass is 16.4. The van der Waals surface area contributed by atoms with E-state index in [2.05, 4.69) is 30.4 Å². The van der Waals surface area contributed by atoms with Gasteiger partial charge in [-0.15, -0.1) is 0 Å². The summed E-state index contributed by atoms with van der Waals surface area (Å²) in [6.45, 7) is 2.18. The first kappa shape index (κ1) is 13.9. The summed E-state index contributed by atoms with van der Waals surface area (Å²) in [5, 5.41) is 12.7. The van der Waals surface area contributed by atoms with Crippen LogP contribution in [0.2, 0.25) is 0 Å². The van der Waals surface area contributed by atoms with E-state index in [9.17, 15) is 4.79 Å². The fraction of sp³-hybridized carbons (Fsp3) is 0.562. The number of anilines is 1. The van der Waals surface area contributed by atoms with E-state index in [1.54, 1.807) is 0 Å². The number of carbonyl (C=O) groups is 1. The molecular weight excluding hydrogens is 238 g/mol. The van der Waals surface area contributed by atoms with Crippen molar-refractivity contribution in [3.63, 3.8) is 0 Å². The Labute approximate surface area is 115 Å². The lowest BCUT2D eigenvalue weighted by Gasteiger charge is -2.29. The summed E-state index contributed by atoms with van der Waals surface area (Å²) in [6, 6.07) is 8.67. The molecule has 2 N–H and O–H groups in total. The number of hydrogen-bond acceptors (Lipinski definition) is 2. The third-order valence-electron chi connectivity index (χ3n) is 3.92. The molecule has 0 radical (unpaired) electrons. The van der Waals surface area contributed by atoms with Crippen molar-refractivity contribution < 1.29 is 9.90 Å². The van der Waals surface area contributed by atoms with E-state index in [-0.39, 0.29) is 5.92 Å². The molecule has 3 nitrogen and oxygen atoms in total. The summed E-state index contributed by atoms with van der Waals surface area (Å²) in [5.74, 6) is -0.821. The van der Waals surface area contributed by atoms with Gasteiger partial charge in [-0.3, -0.25) is 4.79 Å². The quantitative estimate of drug-likeness (QED) is 0.849.